The van der Waals surface area contributed by atoms with Crippen LogP contribution in [0.5, 0.6) is 0 Å². The molecule has 2 aromatic heterocycles. The van der Waals surface area contributed by atoms with Gasteiger partial charge in [0.25, 0.3) is 5.85 Å². The second-order valence-corrected chi connectivity index (χ2v) is 7.67. The Kier molecular flexibility index (Phi) is 5.52. The summed E-state index contributed by atoms with van der Waals surface area (Å²) >= 11 is 0. The molecular formula is C13H15N6O9P. The Labute approximate surface area is 161 Å². The number of ether oxygens (including phenoxy) is 2. The zero-order valence-corrected chi connectivity index (χ0v) is 15.2. The molecule has 7 N–H and O–H groups in total. The summed E-state index contributed by atoms with van der Waals surface area (Å²) in [4.78, 5) is 40.6. The summed E-state index contributed by atoms with van der Waals surface area (Å²) in [6.07, 6.45) is -4.62. The van der Waals surface area contributed by atoms with Gasteiger partial charge in [0.2, 0.25) is 5.82 Å². The topological polar surface area (TPSA) is 247 Å². The molecule has 0 amide bonds. The van der Waals surface area contributed by atoms with E-state index in [9.17, 15) is 19.6 Å². The predicted molar refractivity (Wildman–Crippen MR) is 89.8 cm³/mol. The van der Waals surface area contributed by atoms with Crippen molar-refractivity contribution in [2.24, 2.45) is 0 Å². The van der Waals surface area contributed by atoms with Crippen LogP contribution in [0.15, 0.2) is 6.33 Å². The van der Waals surface area contributed by atoms with Gasteiger partial charge in [0.15, 0.2) is 17.7 Å². The van der Waals surface area contributed by atoms with Crippen LogP contribution in [0.4, 0.5) is 5.82 Å². The van der Waals surface area contributed by atoms with Crippen molar-refractivity contribution in [3.63, 3.8) is 0 Å². The number of aliphatic carboxylic acids is 1. The van der Waals surface area contributed by atoms with E-state index in [0.29, 0.717) is 0 Å². The van der Waals surface area contributed by atoms with Crippen LogP contribution in [0.25, 0.3) is 11.2 Å². The maximum Gasteiger partial charge on any atom is 0.365 e. The van der Waals surface area contributed by atoms with Crippen LogP contribution < -0.4 is 5.73 Å². The summed E-state index contributed by atoms with van der Waals surface area (Å²) in [6, 6.07) is 1.71. The molecule has 0 aliphatic carbocycles. The predicted octanol–water partition coefficient (Wildman–Crippen LogP) is -2.50. The molecule has 2 aromatic rings. The number of aliphatic hydroxyl groups is 2. The molecule has 0 radical (unpaired) electrons. The molecular weight excluding hydrogens is 415 g/mol. The Morgan fingerprint density at radius 3 is 2.69 bits per heavy atom. The fraction of sp³-hybridized carbons (Fsp3) is 0.462. The lowest BCUT2D eigenvalue weighted by molar-refractivity contribution is -0.149. The molecule has 5 unspecified atom stereocenters. The van der Waals surface area contributed by atoms with Crippen molar-refractivity contribution in [2.45, 2.75) is 30.4 Å². The minimum absolute atomic E-state index is 0.0329. The van der Waals surface area contributed by atoms with E-state index in [1.807, 2.05) is 0 Å². The third-order valence-electron chi connectivity index (χ3n) is 4.09. The van der Waals surface area contributed by atoms with Crippen molar-refractivity contribution in [1.29, 1.82) is 5.26 Å². The largest absolute Gasteiger partial charge is 0.479 e. The number of hydrogen-bond donors (Lipinski definition) is 6. The van der Waals surface area contributed by atoms with Gasteiger partial charge in [-0.2, -0.15) is 15.2 Å². The summed E-state index contributed by atoms with van der Waals surface area (Å²) in [5.41, 5.74) is 5.85. The SMILES string of the molecule is N#Cc1nc(N)c2ncn(C3OC(COC(C(=O)O)P(=O)(O)O)C(O)C3O)c2n1. The van der Waals surface area contributed by atoms with E-state index in [0.717, 1.165) is 0 Å². The lowest BCUT2D eigenvalue weighted by Crippen LogP contribution is -2.36. The summed E-state index contributed by atoms with van der Waals surface area (Å²) in [7, 11) is -5.13. The minimum Gasteiger partial charge on any atom is -0.479 e. The number of anilines is 1. The molecule has 0 spiro atoms. The molecule has 0 bridgehead atoms. The molecule has 1 aliphatic heterocycles. The number of aliphatic hydroxyl groups excluding tert-OH is 2. The number of imidazole rings is 1. The summed E-state index contributed by atoms with van der Waals surface area (Å²) < 4.78 is 22.5. The minimum atomic E-state index is -5.13. The van der Waals surface area contributed by atoms with Gasteiger partial charge in [-0.15, -0.1) is 0 Å². The summed E-state index contributed by atoms with van der Waals surface area (Å²) in [5, 5.41) is 38.3. The van der Waals surface area contributed by atoms with Gasteiger partial charge in [-0.1, -0.05) is 0 Å². The Morgan fingerprint density at radius 2 is 2.10 bits per heavy atom. The van der Waals surface area contributed by atoms with E-state index in [-0.39, 0.29) is 22.8 Å². The normalized spacial score (nSPS) is 25.8. The molecule has 3 rings (SSSR count). The fourth-order valence-electron chi connectivity index (χ4n) is 2.77. The monoisotopic (exact) mass is 430 g/mol. The van der Waals surface area contributed by atoms with Gasteiger partial charge < -0.3 is 40.3 Å². The zero-order chi connectivity index (χ0) is 21.5. The zero-order valence-electron chi connectivity index (χ0n) is 14.3. The second-order valence-electron chi connectivity index (χ2n) is 6.03. The number of carboxylic acids is 1. The highest BCUT2D eigenvalue weighted by atomic mass is 31.2. The van der Waals surface area contributed by atoms with Gasteiger partial charge in [-0.25, -0.2) is 9.78 Å². The van der Waals surface area contributed by atoms with E-state index in [1.165, 1.54) is 10.9 Å². The van der Waals surface area contributed by atoms with E-state index in [2.05, 4.69) is 15.0 Å². The van der Waals surface area contributed by atoms with Gasteiger partial charge in [-0.05, 0) is 0 Å². The average Bonchev–Trinajstić information content (AvgIpc) is 3.16. The van der Waals surface area contributed by atoms with Crippen LogP contribution in [0.1, 0.15) is 12.1 Å². The molecule has 1 aliphatic rings. The van der Waals surface area contributed by atoms with Crippen LogP contribution in [0.3, 0.4) is 0 Å². The first kappa shape index (κ1) is 21.0. The fourth-order valence-corrected chi connectivity index (χ4v) is 3.34. The molecule has 29 heavy (non-hydrogen) atoms. The van der Waals surface area contributed by atoms with Gasteiger partial charge in [-0.3, -0.25) is 9.13 Å². The number of rotatable bonds is 6. The number of nitrogens with two attached hydrogens (primary N) is 1. The van der Waals surface area contributed by atoms with Gasteiger partial charge in [0.05, 0.1) is 12.9 Å². The van der Waals surface area contributed by atoms with Gasteiger partial charge >= 0.3 is 13.6 Å². The van der Waals surface area contributed by atoms with Crippen LogP contribution in [0.2, 0.25) is 0 Å². The van der Waals surface area contributed by atoms with Gasteiger partial charge in [0, 0.05) is 0 Å². The molecule has 0 saturated carbocycles. The lowest BCUT2D eigenvalue weighted by Gasteiger charge is -2.19. The third kappa shape index (κ3) is 3.91. The van der Waals surface area contributed by atoms with Crippen LogP contribution in [-0.2, 0) is 18.8 Å². The molecule has 15 nitrogen and oxygen atoms in total. The molecule has 1 fully saturated rings. The Hall–Kier alpha value is -2.70. The number of carboxylic acid groups (broad SMARTS) is 1. The lowest BCUT2D eigenvalue weighted by atomic mass is 10.1. The molecule has 16 heteroatoms. The highest BCUT2D eigenvalue weighted by molar-refractivity contribution is 7.53. The van der Waals surface area contributed by atoms with E-state index >= 15 is 0 Å². The van der Waals surface area contributed by atoms with Crippen LogP contribution >= 0.6 is 7.60 Å². The number of aromatic nitrogens is 4. The quantitative estimate of drug-likeness (QED) is 0.259. The molecule has 156 valence electrons. The van der Waals surface area contributed by atoms with Crippen molar-refractivity contribution < 1.29 is 43.9 Å². The molecule has 3 heterocycles. The van der Waals surface area contributed by atoms with E-state index in [1.54, 1.807) is 6.07 Å². The average molecular weight is 430 g/mol. The van der Waals surface area contributed by atoms with Crippen molar-refractivity contribution in [1.82, 2.24) is 19.5 Å². The second kappa shape index (κ2) is 7.61. The third-order valence-corrected chi connectivity index (χ3v) is 5.08. The van der Waals surface area contributed by atoms with E-state index < -0.39 is 50.6 Å². The van der Waals surface area contributed by atoms with Crippen molar-refractivity contribution in [3.8, 4) is 6.07 Å². The Morgan fingerprint density at radius 1 is 1.41 bits per heavy atom. The first-order valence-electron chi connectivity index (χ1n) is 7.86. The standard InChI is InChI=1S/C13H15N6O9P/c14-1-5-17-9(15)6-10(18-5)19(3-16-6)11-8(21)7(20)4(28-11)2-27-13(12(22)23)29(24,25)26/h3-4,7-8,11,13,20-21H,2H2,(H,22,23)(H2,15,17,18)(H2,24,25,26). The highest BCUT2D eigenvalue weighted by Crippen LogP contribution is 2.42. The maximum absolute atomic E-state index is 11.2. The van der Waals surface area contributed by atoms with E-state index in [4.69, 9.17) is 35.4 Å². The maximum atomic E-state index is 11.2. The first-order valence-corrected chi connectivity index (χ1v) is 9.54. The van der Waals surface area contributed by atoms with Crippen molar-refractivity contribution in [2.75, 3.05) is 12.3 Å². The van der Waals surface area contributed by atoms with Crippen LogP contribution in [-0.4, -0.2) is 81.4 Å². The van der Waals surface area contributed by atoms with Crippen LogP contribution in [0, 0.1) is 11.3 Å². The number of nitrogen functional groups attached to an aromatic ring is 1. The number of hydrogen-bond acceptors (Lipinski definition) is 11. The first-order chi connectivity index (χ1) is 13.5. The molecule has 5 atom stereocenters. The van der Waals surface area contributed by atoms with Gasteiger partial charge in [0.1, 0.15) is 29.9 Å². The van der Waals surface area contributed by atoms with Crippen molar-refractivity contribution >= 4 is 30.5 Å². The summed E-state index contributed by atoms with van der Waals surface area (Å²) in [5.74, 6) is -4.73. The van der Waals surface area contributed by atoms with Crippen molar-refractivity contribution in [3.05, 3.63) is 12.2 Å². The number of fused-ring (bicyclic) bond motifs is 1. The Bertz CT molecular complexity index is 1030. The number of nitriles is 1. The highest BCUT2D eigenvalue weighted by Gasteiger charge is 2.46. The molecule has 1 saturated heterocycles. The molecule has 0 aromatic carbocycles. The summed E-state index contributed by atoms with van der Waals surface area (Å²) in [6.45, 7) is -0.746. The Balaban J connectivity index is 1.84. The smallest absolute Gasteiger partial charge is 0.365 e. The number of nitrogens with zero attached hydrogens (tertiary/aromatic N) is 5. The number of carbonyl (C=O) groups is 1.